The molecule has 5 nitrogen and oxygen atoms in total. The Morgan fingerprint density at radius 3 is 2.78 bits per heavy atom. The molecule has 0 radical (unpaired) electrons. The molecule has 23 heavy (non-hydrogen) atoms. The van der Waals surface area contributed by atoms with Crippen LogP contribution < -0.4 is 0 Å². The third kappa shape index (κ3) is 3.99. The van der Waals surface area contributed by atoms with Gasteiger partial charge < -0.3 is 4.90 Å². The van der Waals surface area contributed by atoms with E-state index in [1.165, 1.54) is 37.4 Å². The average Bonchev–Trinajstić information content (AvgIpc) is 3.15. The van der Waals surface area contributed by atoms with Crippen molar-refractivity contribution in [3.8, 4) is 0 Å². The van der Waals surface area contributed by atoms with Gasteiger partial charge in [0.1, 0.15) is 0 Å². The minimum atomic E-state index is -2.97. The first kappa shape index (κ1) is 17.0. The molecule has 0 N–H and O–H groups in total. The van der Waals surface area contributed by atoms with Crippen molar-refractivity contribution in [2.24, 2.45) is 10.9 Å². The van der Waals surface area contributed by atoms with Crippen molar-refractivity contribution in [3.63, 3.8) is 0 Å². The van der Waals surface area contributed by atoms with Crippen molar-refractivity contribution in [1.82, 2.24) is 4.90 Å². The molecule has 7 heteroatoms. The van der Waals surface area contributed by atoms with E-state index in [1.54, 1.807) is 6.08 Å². The predicted octanol–water partition coefficient (Wildman–Crippen LogP) is 2.24. The number of nitrogens with zero attached hydrogens (tertiary/aromatic N) is 2. The van der Waals surface area contributed by atoms with Crippen LogP contribution in [0.1, 0.15) is 38.5 Å². The maximum atomic E-state index is 12.2. The molecule has 0 aromatic carbocycles. The lowest BCUT2D eigenvalue weighted by atomic mass is 10.0. The second-order valence-corrected chi connectivity index (χ2v) is 10.1. The fourth-order valence-electron chi connectivity index (χ4n) is 3.78. The normalized spacial score (nSPS) is 31.7. The maximum absolute atomic E-state index is 12.2. The van der Waals surface area contributed by atoms with Gasteiger partial charge in [-0.1, -0.05) is 43.5 Å². The average molecular weight is 357 g/mol. The van der Waals surface area contributed by atoms with Gasteiger partial charge in [-0.2, -0.15) is 4.99 Å². The summed E-state index contributed by atoms with van der Waals surface area (Å²) in [6, 6.07) is -0.0654. The molecular formula is C16H24N2O3S2. The quantitative estimate of drug-likeness (QED) is 0.707. The smallest absolute Gasteiger partial charge is 0.248 e. The Balaban J connectivity index is 1.63. The van der Waals surface area contributed by atoms with Crippen molar-refractivity contribution in [3.05, 3.63) is 12.7 Å². The van der Waals surface area contributed by atoms with Crippen LogP contribution in [0.2, 0.25) is 0 Å². The number of carbonyl (C=O) groups excluding carboxylic acids is 1. The van der Waals surface area contributed by atoms with Gasteiger partial charge in [-0.15, -0.1) is 6.58 Å². The largest absolute Gasteiger partial charge is 0.342 e. The molecule has 2 aliphatic heterocycles. The molecule has 2 heterocycles. The van der Waals surface area contributed by atoms with Crippen molar-refractivity contribution in [2.75, 3.05) is 18.1 Å². The van der Waals surface area contributed by atoms with Crippen LogP contribution in [0.25, 0.3) is 0 Å². The molecule has 3 fully saturated rings. The third-order valence-electron chi connectivity index (χ3n) is 4.96. The molecular weight excluding hydrogens is 332 g/mol. The Morgan fingerprint density at radius 1 is 1.35 bits per heavy atom. The SMILES string of the molecule is C=CCN1C(=NC(=O)CCC2CCCC2)S[C@@H]2CS(=O)(=O)C[C@H]21. The van der Waals surface area contributed by atoms with Gasteiger partial charge in [-0.3, -0.25) is 4.79 Å². The summed E-state index contributed by atoms with van der Waals surface area (Å²) >= 11 is 1.45. The highest BCUT2D eigenvalue weighted by molar-refractivity contribution is 8.15. The minimum Gasteiger partial charge on any atom is -0.342 e. The number of thioether (sulfide) groups is 1. The van der Waals surface area contributed by atoms with Gasteiger partial charge in [0.25, 0.3) is 0 Å². The fraction of sp³-hybridized carbons (Fsp3) is 0.750. The number of hydrogen-bond acceptors (Lipinski definition) is 4. The molecule has 1 saturated carbocycles. The molecule has 0 aromatic heterocycles. The maximum Gasteiger partial charge on any atom is 0.248 e. The summed E-state index contributed by atoms with van der Waals surface area (Å²) in [6.07, 6.45) is 8.23. The Bertz CT molecular complexity index is 609. The van der Waals surface area contributed by atoms with E-state index in [0.29, 0.717) is 24.1 Å². The Hall–Kier alpha value is -0.820. The van der Waals surface area contributed by atoms with Gasteiger partial charge in [0.15, 0.2) is 15.0 Å². The molecule has 0 spiro atoms. The summed E-state index contributed by atoms with van der Waals surface area (Å²) in [6.45, 7) is 4.28. The highest BCUT2D eigenvalue weighted by Crippen LogP contribution is 2.38. The summed E-state index contributed by atoms with van der Waals surface area (Å²) in [5.41, 5.74) is 0. The Kier molecular flexibility index (Phi) is 5.16. The number of fused-ring (bicyclic) bond motifs is 1. The van der Waals surface area contributed by atoms with Crippen LogP contribution in [0, 0.1) is 5.92 Å². The van der Waals surface area contributed by atoms with E-state index in [-0.39, 0.29) is 28.7 Å². The van der Waals surface area contributed by atoms with Crippen molar-refractivity contribution in [1.29, 1.82) is 0 Å². The van der Waals surface area contributed by atoms with Crippen LogP contribution in [0.4, 0.5) is 0 Å². The number of aliphatic imine (C=N–C) groups is 1. The number of amides is 1. The van der Waals surface area contributed by atoms with E-state index < -0.39 is 9.84 Å². The Labute approximate surface area is 142 Å². The summed E-state index contributed by atoms with van der Waals surface area (Å²) in [7, 11) is -2.97. The third-order valence-corrected chi connectivity index (χ3v) is 8.21. The van der Waals surface area contributed by atoms with Crippen LogP contribution in [0.3, 0.4) is 0 Å². The van der Waals surface area contributed by atoms with Crippen molar-refractivity contribution < 1.29 is 13.2 Å². The standard InChI is InChI=1S/C16H24N2O3S2/c1-2-9-18-13-10-23(20,21)11-14(13)22-16(18)17-15(19)8-7-12-5-3-4-6-12/h2,12-14H,1,3-11H2/t13-,14-/m1/s1. The van der Waals surface area contributed by atoms with Gasteiger partial charge >= 0.3 is 0 Å². The van der Waals surface area contributed by atoms with Crippen molar-refractivity contribution in [2.45, 2.75) is 49.8 Å². The molecule has 128 valence electrons. The second kappa shape index (κ2) is 6.97. The lowest BCUT2D eigenvalue weighted by molar-refractivity contribution is -0.118. The first-order valence-electron chi connectivity index (χ1n) is 8.34. The molecule has 1 aliphatic carbocycles. The van der Waals surface area contributed by atoms with E-state index in [2.05, 4.69) is 11.6 Å². The van der Waals surface area contributed by atoms with Gasteiger partial charge in [0.05, 0.1) is 17.5 Å². The fourth-order valence-corrected chi connectivity index (χ4v) is 7.76. The summed E-state index contributed by atoms with van der Waals surface area (Å²) in [4.78, 5) is 18.4. The van der Waals surface area contributed by atoms with Gasteiger partial charge in [0, 0.05) is 18.2 Å². The molecule has 1 amide bonds. The highest BCUT2D eigenvalue weighted by Gasteiger charge is 2.48. The Morgan fingerprint density at radius 2 is 2.09 bits per heavy atom. The molecule has 0 unspecified atom stereocenters. The molecule has 3 aliphatic rings. The zero-order chi connectivity index (χ0) is 16.4. The zero-order valence-corrected chi connectivity index (χ0v) is 14.9. The first-order valence-corrected chi connectivity index (χ1v) is 11.0. The lowest BCUT2D eigenvalue weighted by Gasteiger charge is -2.22. The number of amidine groups is 1. The summed E-state index contributed by atoms with van der Waals surface area (Å²) in [5.74, 6) is 0.958. The van der Waals surface area contributed by atoms with Crippen LogP contribution in [-0.4, -0.2) is 53.7 Å². The summed E-state index contributed by atoms with van der Waals surface area (Å²) in [5, 5.41) is 0.688. The predicted molar refractivity (Wildman–Crippen MR) is 94.4 cm³/mol. The van der Waals surface area contributed by atoms with Crippen molar-refractivity contribution >= 4 is 32.7 Å². The molecule has 0 bridgehead atoms. The van der Waals surface area contributed by atoms with E-state index >= 15 is 0 Å². The highest BCUT2D eigenvalue weighted by atomic mass is 32.2. The number of hydrogen-bond donors (Lipinski definition) is 0. The van der Waals surface area contributed by atoms with E-state index in [0.717, 1.165) is 6.42 Å². The van der Waals surface area contributed by atoms with Crippen LogP contribution in [0.5, 0.6) is 0 Å². The molecule has 2 saturated heterocycles. The van der Waals surface area contributed by atoms with Crippen LogP contribution in [-0.2, 0) is 14.6 Å². The van der Waals surface area contributed by atoms with Gasteiger partial charge in [0.2, 0.25) is 5.91 Å². The molecule has 2 atom stereocenters. The first-order chi connectivity index (χ1) is 11.0. The minimum absolute atomic E-state index is 0.00123. The van der Waals surface area contributed by atoms with E-state index in [4.69, 9.17) is 0 Å². The molecule has 3 rings (SSSR count). The number of sulfone groups is 1. The lowest BCUT2D eigenvalue weighted by Crippen LogP contribution is -2.37. The van der Waals surface area contributed by atoms with Crippen LogP contribution in [0.15, 0.2) is 17.6 Å². The van der Waals surface area contributed by atoms with E-state index in [1.807, 2.05) is 4.90 Å². The van der Waals surface area contributed by atoms with Crippen LogP contribution >= 0.6 is 11.8 Å². The zero-order valence-electron chi connectivity index (χ0n) is 13.3. The summed E-state index contributed by atoms with van der Waals surface area (Å²) < 4.78 is 23.6. The van der Waals surface area contributed by atoms with E-state index in [9.17, 15) is 13.2 Å². The number of rotatable bonds is 5. The second-order valence-electron chi connectivity index (χ2n) is 6.72. The van der Waals surface area contributed by atoms with Gasteiger partial charge in [-0.25, -0.2) is 8.42 Å². The van der Waals surface area contributed by atoms with Gasteiger partial charge in [-0.05, 0) is 12.3 Å². The topological polar surface area (TPSA) is 66.8 Å². The molecule has 0 aromatic rings. The number of carbonyl (C=O) groups is 1. The monoisotopic (exact) mass is 356 g/mol.